The Labute approximate surface area is 204 Å². The predicted molar refractivity (Wildman–Crippen MR) is 133 cm³/mol. The number of rotatable bonds is 5. The topological polar surface area (TPSA) is 69.7 Å². The van der Waals surface area contributed by atoms with Gasteiger partial charge in [0, 0.05) is 31.4 Å². The fraction of sp³-hybridized carbons (Fsp3) is 0.240. The highest BCUT2D eigenvalue weighted by molar-refractivity contribution is 7.89. The first-order valence-electron chi connectivity index (χ1n) is 10.9. The number of hydrogen-bond donors (Lipinski definition) is 1. The summed E-state index contributed by atoms with van der Waals surface area (Å²) in [5.41, 5.74) is 2.12. The summed E-state index contributed by atoms with van der Waals surface area (Å²) in [6.45, 7) is 5.05. The predicted octanol–water partition coefficient (Wildman–Crippen LogP) is 4.94. The summed E-state index contributed by atoms with van der Waals surface area (Å²) >= 11 is 6.06. The van der Waals surface area contributed by atoms with Crippen molar-refractivity contribution in [3.8, 4) is 0 Å². The first-order chi connectivity index (χ1) is 16.2. The number of sulfonamides is 1. The number of carbonyl (C=O) groups excluding carboxylic acids is 1. The number of halogens is 2. The molecule has 3 aromatic carbocycles. The molecule has 1 fully saturated rings. The standard InChI is InChI=1S/C25H25ClFN3O3S/c1-17-6-5-7-19(14-17)30-13-12-29(16-18(30)2)34(32,33)20-10-11-23(27)21(15-20)25(31)28-24-9-4-3-8-22(24)26/h3-11,14-15,18H,12-13,16H2,1-2H3,(H,28,31)/t18-/m1/s1. The van der Waals surface area contributed by atoms with Crippen molar-refractivity contribution in [2.75, 3.05) is 29.9 Å². The summed E-state index contributed by atoms with van der Waals surface area (Å²) < 4.78 is 42.6. The average Bonchev–Trinajstić information content (AvgIpc) is 2.80. The molecule has 1 aliphatic heterocycles. The number of aryl methyl sites for hydroxylation is 1. The normalized spacial score (nSPS) is 16.9. The lowest BCUT2D eigenvalue weighted by Crippen LogP contribution is -2.53. The number of anilines is 2. The van der Waals surface area contributed by atoms with E-state index < -0.39 is 21.7 Å². The highest BCUT2D eigenvalue weighted by Gasteiger charge is 2.33. The maximum absolute atomic E-state index is 14.5. The molecule has 0 saturated carbocycles. The van der Waals surface area contributed by atoms with Gasteiger partial charge in [-0.3, -0.25) is 4.79 Å². The van der Waals surface area contributed by atoms with Crippen LogP contribution in [0.4, 0.5) is 15.8 Å². The van der Waals surface area contributed by atoms with Crippen LogP contribution in [0.3, 0.4) is 0 Å². The molecule has 1 atom stereocenters. The van der Waals surface area contributed by atoms with Gasteiger partial charge in [0.05, 0.1) is 21.2 Å². The Bertz CT molecular complexity index is 1330. The zero-order valence-corrected chi connectivity index (χ0v) is 20.4. The van der Waals surface area contributed by atoms with Gasteiger partial charge >= 0.3 is 0 Å². The summed E-state index contributed by atoms with van der Waals surface area (Å²) in [6.07, 6.45) is 0. The molecule has 0 radical (unpaired) electrons. The first kappa shape index (κ1) is 24.2. The van der Waals surface area contributed by atoms with Gasteiger partial charge in [-0.15, -0.1) is 0 Å². The van der Waals surface area contributed by atoms with E-state index >= 15 is 0 Å². The second-order valence-electron chi connectivity index (χ2n) is 8.32. The van der Waals surface area contributed by atoms with E-state index in [4.69, 9.17) is 11.6 Å². The van der Waals surface area contributed by atoms with Crippen LogP contribution < -0.4 is 10.2 Å². The monoisotopic (exact) mass is 501 g/mol. The Morgan fingerprint density at radius 1 is 1.06 bits per heavy atom. The van der Waals surface area contributed by atoms with E-state index in [1.807, 2.05) is 32.0 Å². The lowest BCUT2D eigenvalue weighted by atomic mass is 10.1. The maximum Gasteiger partial charge on any atom is 0.258 e. The third-order valence-corrected chi connectivity index (χ3v) is 8.06. The Kier molecular flexibility index (Phi) is 6.93. The van der Waals surface area contributed by atoms with E-state index in [0.29, 0.717) is 17.3 Å². The van der Waals surface area contributed by atoms with Crippen LogP contribution in [0.5, 0.6) is 0 Å². The smallest absolute Gasteiger partial charge is 0.258 e. The summed E-state index contributed by atoms with van der Waals surface area (Å²) in [7, 11) is -3.93. The number of nitrogens with zero attached hydrogens (tertiary/aromatic N) is 2. The van der Waals surface area contributed by atoms with Crippen molar-refractivity contribution in [3.05, 3.63) is 88.7 Å². The van der Waals surface area contributed by atoms with Crippen LogP contribution in [-0.2, 0) is 10.0 Å². The van der Waals surface area contributed by atoms with Crippen molar-refractivity contribution in [2.45, 2.75) is 24.8 Å². The van der Waals surface area contributed by atoms with E-state index in [1.54, 1.807) is 24.3 Å². The van der Waals surface area contributed by atoms with E-state index in [0.717, 1.165) is 23.4 Å². The highest BCUT2D eigenvalue weighted by atomic mass is 35.5. The molecule has 4 rings (SSSR count). The minimum atomic E-state index is -3.93. The van der Waals surface area contributed by atoms with Crippen molar-refractivity contribution < 1.29 is 17.6 Å². The van der Waals surface area contributed by atoms with Gasteiger partial charge in [0.2, 0.25) is 10.0 Å². The largest absolute Gasteiger partial charge is 0.366 e. The van der Waals surface area contributed by atoms with Gasteiger partial charge in [0.15, 0.2) is 0 Å². The van der Waals surface area contributed by atoms with Gasteiger partial charge in [-0.2, -0.15) is 4.31 Å². The molecule has 1 amide bonds. The molecule has 6 nitrogen and oxygen atoms in total. The quantitative estimate of drug-likeness (QED) is 0.537. The van der Waals surface area contributed by atoms with Crippen molar-refractivity contribution >= 4 is 38.9 Å². The molecule has 178 valence electrons. The van der Waals surface area contributed by atoms with Gasteiger partial charge in [0.25, 0.3) is 5.91 Å². The molecule has 1 aliphatic rings. The molecule has 9 heteroatoms. The summed E-state index contributed by atoms with van der Waals surface area (Å²) in [4.78, 5) is 14.7. The average molecular weight is 502 g/mol. The molecular formula is C25H25ClFN3O3S. The number of para-hydroxylation sites is 1. The zero-order chi connectivity index (χ0) is 24.5. The van der Waals surface area contributed by atoms with E-state index in [-0.39, 0.29) is 29.6 Å². The lowest BCUT2D eigenvalue weighted by molar-refractivity contribution is 0.102. The van der Waals surface area contributed by atoms with Crippen LogP contribution in [-0.4, -0.2) is 44.3 Å². The Morgan fingerprint density at radius 2 is 1.82 bits per heavy atom. The van der Waals surface area contributed by atoms with Crippen LogP contribution in [0, 0.1) is 12.7 Å². The SMILES string of the molecule is Cc1cccc(N2CCN(S(=O)(=O)c3ccc(F)c(C(=O)Nc4ccccc4Cl)c3)C[C@H]2C)c1. The first-order valence-corrected chi connectivity index (χ1v) is 12.7. The fourth-order valence-electron chi connectivity index (χ4n) is 4.07. The van der Waals surface area contributed by atoms with E-state index in [9.17, 15) is 17.6 Å². The Morgan fingerprint density at radius 3 is 2.53 bits per heavy atom. The van der Waals surface area contributed by atoms with Gasteiger partial charge in [0.1, 0.15) is 5.82 Å². The van der Waals surface area contributed by atoms with Crippen LogP contribution in [0.25, 0.3) is 0 Å². The number of benzene rings is 3. The summed E-state index contributed by atoms with van der Waals surface area (Å²) in [5.74, 6) is -1.60. The van der Waals surface area contributed by atoms with E-state index in [1.165, 1.54) is 10.4 Å². The molecule has 1 saturated heterocycles. The molecule has 34 heavy (non-hydrogen) atoms. The molecule has 0 unspecified atom stereocenters. The minimum absolute atomic E-state index is 0.0613. The molecule has 0 aliphatic carbocycles. The van der Waals surface area contributed by atoms with Crippen LogP contribution in [0.15, 0.2) is 71.6 Å². The second-order valence-corrected chi connectivity index (χ2v) is 10.7. The fourth-order valence-corrected chi connectivity index (χ4v) is 5.79. The van der Waals surface area contributed by atoms with Crippen LogP contribution in [0.1, 0.15) is 22.8 Å². The number of amides is 1. The number of piperazine rings is 1. The molecule has 1 heterocycles. The molecule has 0 aromatic heterocycles. The minimum Gasteiger partial charge on any atom is -0.366 e. The third kappa shape index (κ3) is 4.94. The Hall–Kier alpha value is -2.94. The second kappa shape index (κ2) is 9.74. The van der Waals surface area contributed by atoms with Gasteiger partial charge in [-0.1, -0.05) is 35.9 Å². The molecule has 0 spiro atoms. The lowest BCUT2D eigenvalue weighted by Gasteiger charge is -2.40. The highest BCUT2D eigenvalue weighted by Crippen LogP contribution is 2.27. The molecule has 1 N–H and O–H groups in total. The van der Waals surface area contributed by atoms with Crippen molar-refractivity contribution in [1.29, 1.82) is 0 Å². The van der Waals surface area contributed by atoms with Crippen molar-refractivity contribution in [2.24, 2.45) is 0 Å². The van der Waals surface area contributed by atoms with E-state index in [2.05, 4.69) is 16.3 Å². The maximum atomic E-state index is 14.5. The number of hydrogen-bond acceptors (Lipinski definition) is 4. The van der Waals surface area contributed by atoms with Crippen LogP contribution in [0.2, 0.25) is 5.02 Å². The zero-order valence-electron chi connectivity index (χ0n) is 18.8. The number of carbonyl (C=O) groups is 1. The number of nitrogens with one attached hydrogen (secondary N) is 1. The molecule has 3 aromatic rings. The summed E-state index contributed by atoms with van der Waals surface area (Å²) in [6, 6.07) is 17.8. The third-order valence-electron chi connectivity index (χ3n) is 5.87. The van der Waals surface area contributed by atoms with Crippen molar-refractivity contribution in [3.63, 3.8) is 0 Å². The van der Waals surface area contributed by atoms with Crippen molar-refractivity contribution in [1.82, 2.24) is 4.31 Å². The molecule has 0 bridgehead atoms. The molecular weight excluding hydrogens is 477 g/mol. The van der Waals surface area contributed by atoms with Crippen LogP contribution >= 0.6 is 11.6 Å². The van der Waals surface area contributed by atoms with Gasteiger partial charge in [-0.25, -0.2) is 12.8 Å². The summed E-state index contributed by atoms with van der Waals surface area (Å²) in [5, 5.41) is 2.83. The van der Waals surface area contributed by atoms with Gasteiger partial charge < -0.3 is 10.2 Å². The van der Waals surface area contributed by atoms with Gasteiger partial charge in [-0.05, 0) is 61.9 Å². The Balaban J connectivity index is 1.55.